The van der Waals surface area contributed by atoms with Gasteiger partial charge in [-0.05, 0) is 38.1 Å². The van der Waals surface area contributed by atoms with Gasteiger partial charge in [0.1, 0.15) is 5.69 Å². The molecule has 3 aromatic rings. The van der Waals surface area contributed by atoms with Gasteiger partial charge in [0.05, 0.1) is 5.69 Å². The van der Waals surface area contributed by atoms with Crippen LogP contribution in [0.1, 0.15) is 11.3 Å². The Kier molecular flexibility index (Phi) is 3.25. The molecule has 20 heavy (non-hydrogen) atoms. The molecule has 3 heteroatoms. The smallest absolute Gasteiger partial charge is 0.178 e. The highest BCUT2D eigenvalue weighted by Gasteiger charge is 2.05. The lowest BCUT2D eigenvalue weighted by atomic mass is 10.1. The van der Waals surface area contributed by atoms with E-state index in [-0.39, 0.29) is 0 Å². The number of hydrogen-bond donors (Lipinski definition) is 0. The molecule has 0 atom stereocenters. The van der Waals surface area contributed by atoms with E-state index in [9.17, 15) is 0 Å². The summed E-state index contributed by atoms with van der Waals surface area (Å²) >= 11 is 0. The van der Waals surface area contributed by atoms with Crippen LogP contribution in [-0.2, 0) is 0 Å². The first-order chi connectivity index (χ1) is 9.72. The first kappa shape index (κ1) is 12.5. The summed E-state index contributed by atoms with van der Waals surface area (Å²) < 4.78 is 0. The summed E-state index contributed by atoms with van der Waals surface area (Å²) in [6.07, 6.45) is 1.76. The molecule has 3 rings (SSSR count). The number of rotatable bonds is 2. The lowest BCUT2D eigenvalue weighted by Gasteiger charge is -2.05. The Morgan fingerprint density at radius 3 is 2.40 bits per heavy atom. The summed E-state index contributed by atoms with van der Waals surface area (Å²) in [7, 11) is 0. The summed E-state index contributed by atoms with van der Waals surface area (Å²) in [5, 5.41) is 0. The van der Waals surface area contributed by atoms with Gasteiger partial charge in [0, 0.05) is 17.5 Å². The van der Waals surface area contributed by atoms with Gasteiger partial charge in [-0.2, -0.15) is 0 Å². The maximum Gasteiger partial charge on any atom is 0.178 e. The van der Waals surface area contributed by atoms with Crippen LogP contribution in [0.3, 0.4) is 0 Å². The minimum Gasteiger partial charge on any atom is -0.244 e. The SMILES string of the molecule is Cc1cccc(-c2cccc(-c3nccc(C)n3)n2)c1. The molecule has 0 aliphatic carbocycles. The third-order valence-corrected chi connectivity index (χ3v) is 3.09. The largest absolute Gasteiger partial charge is 0.244 e. The molecule has 98 valence electrons. The fourth-order valence-electron chi connectivity index (χ4n) is 2.10. The molecule has 0 spiro atoms. The molecule has 0 saturated heterocycles. The van der Waals surface area contributed by atoms with Crippen LogP contribution in [0.5, 0.6) is 0 Å². The van der Waals surface area contributed by atoms with Crippen molar-refractivity contribution < 1.29 is 0 Å². The zero-order valence-electron chi connectivity index (χ0n) is 11.5. The molecule has 2 aromatic heterocycles. The molecule has 0 amide bonds. The topological polar surface area (TPSA) is 38.7 Å². The minimum atomic E-state index is 0.666. The van der Waals surface area contributed by atoms with Crippen molar-refractivity contribution in [2.24, 2.45) is 0 Å². The van der Waals surface area contributed by atoms with Crippen LogP contribution in [0, 0.1) is 13.8 Å². The average molecular weight is 261 g/mol. The summed E-state index contributed by atoms with van der Waals surface area (Å²) in [5.41, 5.74) is 5.02. The summed E-state index contributed by atoms with van der Waals surface area (Å²) in [6, 6.07) is 16.1. The van der Waals surface area contributed by atoms with Crippen LogP contribution in [0.25, 0.3) is 22.8 Å². The van der Waals surface area contributed by atoms with Gasteiger partial charge in [-0.3, -0.25) is 0 Å². The predicted octanol–water partition coefficient (Wildman–Crippen LogP) is 3.82. The molecule has 0 aliphatic heterocycles. The van der Waals surface area contributed by atoms with E-state index in [1.807, 2.05) is 37.3 Å². The van der Waals surface area contributed by atoms with Crippen LogP contribution >= 0.6 is 0 Å². The van der Waals surface area contributed by atoms with Gasteiger partial charge in [-0.1, -0.05) is 29.8 Å². The van der Waals surface area contributed by atoms with Gasteiger partial charge in [0.2, 0.25) is 0 Å². The Balaban J connectivity index is 2.06. The summed E-state index contributed by atoms with van der Waals surface area (Å²) in [4.78, 5) is 13.4. The Labute approximate surface area is 118 Å². The highest BCUT2D eigenvalue weighted by Crippen LogP contribution is 2.21. The van der Waals surface area contributed by atoms with Gasteiger partial charge in [0.15, 0.2) is 5.82 Å². The fraction of sp³-hybridized carbons (Fsp3) is 0.118. The van der Waals surface area contributed by atoms with E-state index in [1.165, 1.54) is 5.56 Å². The zero-order chi connectivity index (χ0) is 13.9. The third-order valence-electron chi connectivity index (χ3n) is 3.09. The second-order valence-electron chi connectivity index (χ2n) is 4.80. The number of hydrogen-bond acceptors (Lipinski definition) is 3. The first-order valence-corrected chi connectivity index (χ1v) is 6.56. The van der Waals surface area contributed by atoms with Crippen LogP contribution in [0.2, 0.25) is 0 Å². The highest BCUT2D eigenvalue weighted by atomic mass is 14.9. The first-order valence-electron chi connectivity index (χ1n) is 6.56. The van der Waals surface area contributed by atoms with Crippen molar-refractivity contribution >= 4 is 0 Å². The minimum absolute atomic E-state index is 0.666. The standard InChI is InChI=1S/C17H15N3/c1-12-5-3-6-14(11-12)15-7-4-8-16(20-15)17-18-10-9-13(2)19-17/h3-11H,1-2H3. The Bertz CT molecular complexity index is 690. The number of aryl methyl sites for hydroxylation is 2. The molecule has 0 saturated carbocycles. The molecule has 0 fully saturated rings. The molecule has 0 bridgehead atoms. The fourth-order valence-corrected chi connectivity index (χ4v) is 2.10. The number of benzene rings is 1. The van der Waals surface area contributed by atoms with Crippen molar-refractivity contribution in [3.8, 4) is 22.8 Å². The van der Waals surface area contributed by atoms with E-state index < -0.39 is 0 Å². The van der Waals surface area contributed by atoms with Crippen molar-refractivity contribution in [2.45, 2.75) is 13.8 Å². The van der Waals surface area contributed by atoms with E-state index in [1.54, 1.807) is 6.20 Å². The molecule has 0 radical (unpaired) electrons. The number of pyridine rings is 1. The molecule has 0 unspecified atom stereocenters. The maximum atomic E-state index is 4.67. The third kappa shape index (κ3) is 2.57. The van der Waals surface area contributed by atoms with Crippen molar-refractivity contribution in [2.75, 3.05) is 0 Å². The van der Waals surface area contributed by atoms with Gasteiger partial charge < -0.3 is 0 Å². The monoisotopic (exact) mass is 261 g/mol. The van der Waals surface area contributed by atoms with Crippen molar-refractivity contribution in [3.05, 3.63) is 66.0 Å². The van der Waals surface area contributed by atoms with E-state index in [2.05, 4.69) is 40.1 Å². The summed E-state index contributed by atoms with van der Waals surface area (Å²) in [5.74, 6) is 0.666. The highest BCUT2D eigenvalue weighted by molar-refractivity contribution is 5.63. The van der Waals surface area contributed by atoms with Crippen LogP contribution in [0.15, 0.2) is 54.7 Å². The number of aromatic nitrogens is 3. The average Bonchev–Trinajstić information content (AvgIpc) is 2.47. The van der Waals surface area contributed by atoms with E-state index >= 15 is 0 Å². The molecular weight excluding hydrogens is 246 g/mol. The van der Waals surface area contributed by atoms with Crippen molar-refractivity contribution in [1.29, 1.82) is 0 Å². The molecule has 3 nitrogen and oxygen atoms in total. The Morgan fingerprint density at radius 1 is 0.800 bits per heavy atom. The lowest BCUT2D eigenvalue weighted by molar-refractivity contribution is 1.09. The van der Waals surface area contributed by atoms with Crippen LogP contribution < -0.4 is 0 Å². The van der Waals surface area contributed by atoms with Crippen LogP contribution in [0.4, 0.5) is 0 Å². The molecular formula is C17H15N3. The quantitative estimate of drug-likeness (QED) is 0.704. The Morgan fingerprint density at radius 2 is 1.60 bits per heavy atom. The van der Waals surface area contributed by atoms with Crippen LogP contribution in [-0.4, -0.2) is 15.0 Å². The van der Waals surface area contributed by atoms with Crippen molar-refractivity contribution in [1.82, 2.24) is 15.0 Å². The van der Waals surface area contributed by atoms with Gasteiger partial charge in [0.25, 0.3) is 0 Å². The van der Waals surface area contributed by atoms with E-state index in [4.69, 9.17) is 0 Å². The normalized spacial score (nSPS) is 10.5. The van der Waals surface area contributed by atoms with Gasteiger partial charge in [-0.15, -0.1) is 0 Å². The number of nitrogens with zero attached hydrogens (tertiary/aromatic N) is 3. The molecule has 0 aliphatic rings. The second-order valence-corrected chi connectivity index (χ2v) is 4.80. The predicted molar refractivity (Wildman–Crippen MR) is 80.2 cm³/mol. The van der Waals surface area contributed by atoms with Gasteiger partial charge in [-0.25, -0.2) is 15.0 Å². The second kappa shape index (κ2) is 5.21. The van der Waals surface area contributed by atoms with Gasteiger partial charge >= 0.3 is 0 Å². The zero-order valence-corrected chi connectivity index (χ0v) is 11.5. The molecule has 0 N–H and O–H groups in total. The Hall–Kier alpha value is -2.55. The lowest BCUT2D eigenvalue weighted by Crippen LogP contribution is -1.94. The van der Waals surface area contributed by atoms with Crippen molar-refractivity contribution in [3.63, 3.8) is 0 Å². The summed E-state index contributed by atoms with van der Waals surface area (Å²) in [6.45, 7) is 4.03. The maximum absolute atomic E-state index is 4.67. The molecule has 1 aromatic carbocycles. The van der Waals surface area contributed by atoms with E-state index in [0.717, 1.165) is 22.6 Å². The van der Waals surface area contributed by atoms with E-state index in [0.29, 0.717) is 5.82 Å². The molecule has 2 heterocycles.